The smallest absolute Gasteiger partial charge is 0.323 e. The van der Waals surface area contributed by atoms with E-state index in [0.717, 1.165) is 18.4 Å². The summed E-state index contributed by atoms with van der Waals surface area (Å²) in [4.78, 5) is 24.7. The Morgan fingerprint density at radius 3 is 2.58 bits per heavy atom. The number of ether oxygens (including phenoxy) is 2. The highest BCUT2D eigenvalue weighted by molar-refractivity contribution is 5.81. The molecule has 0 saturated carbocycles. The Morgan fingerprint density at radius 1 is 1.21 bits per heavy atom. The molecule has 0 unspecified atom stereocenters. The molecule has 6 nitrogen and oxygen atoms in total. The third-order valence-electron chi connectivity index (χ3n) is 4.03. The van der Waals surface area contributed by atoms with Gasteiger partial charge in [-0.15, -0.1) is 0 Å². The van der Waals surface area contributed by atoms with Gasteiger partial charge in [0.15, 0.2) is 0 Å². The van der Waals surface area contributed by atoms with Gasteiger partial charge < -0.3 is 19.5 Å². The number of carbonyl (C=O) groups excluding carboxylic acids is 1. The molecule has 132 valence electrons. The molecule has 1 heterocycles. The number of nitrogens with zero attached hydrogens (tertiary/aromatic N) is 1. The molecule has 1 aromatic carbocycles. The van der Waals surface area contributed by atoms with Crippen molar-refractivity contribution in [1.82, 2.24) is 4.90 Å². The molecule has 1 aliphatic heterocycles. The Balaban J connectivity index is 1.77. The molecule has 1 amide bonds. The number of carboxylic acid groups (broad SMARTS) is 1. The van der Waals surface area contributed by atoms with Gasteiger partial charge in [-0.05, 0) is 24.8 Å². The Kier molecular flexibility index (Phi) is 7.71. The van der Waals surface area contributed by atoms with Gasteiger partial charge in [0, 0.05) is 19.8 Å². The van der Waals surface area contributed by atoms with Gasteiger partial charge in [0.2, 0.25) is 5.91 Å². The van der Waals surface area contributed by atoms with Crippen molar-refractivity contribution in [1.29, 1.82) is 0 Å². The number of hydrogen-bond donors (Lipinski definition) is 1. The zero-order valence-electron chi connectivity index (χ0n) is 13.9. The minimum atomic E-state index is -0.998. The number of carboxylic acids is 1. The summed E-state index contributed by atoms with van der Waals surface area (Å²) in [7, 11) is 0. The van der Waals surface area contributed by atoms with Crippen LogP contribution in [0.1, 0.15) is 24.8 Å². The Bertz CT molecular complexity index is 513. The summed E-state index contributed by atoms with van der Waals surface area (Å²) in [5, 5.41) is 9.02. The van der Waals surface area contributed by atoms with Gasteiger partial charge in [-0.2, -0.15) is 0 Å². The second kappa shape index (κ2) is 10.1. The lowest BCUT2D eigenvalue weighted by atomic mass is 10.1. The molecule has 0 radical (unpaired) electrons. The van der Waals surface area contributed by atoms with Gasteiger partial charge in [-0.1, -0.05) is 30.3 Å². The lowest BCUT2D eigenvalue weighted by Gasteiger charge is -2.24. The van der Waals surface area contributed by atoms with Crippen molar-refractivity contribution >= 4 is 11.9 Å². The van der Waals surface area contributed by atoms with Crippen LogP contribution >= 0.6 is 0 Å². The van der Waals surface area contributed by atoms with Gasteiger partial charge in [0.25, 0.3) is 0 Å². The Morgan fingerprint density at radius 2 is 1.92 bits per heavy atom. The van der Waals surface area contributed by atoms with E-state index in [1.54, 1.807) is 0 Å². The summed E-state index contributed by atoms with van der Waals surface area (Å²) in [6.45, 7) is 1.84. The molecule has 1 fully saturated rings. The first-order valence-electron chi connectivity index (χ1n) is 8.38. The number of carbonyl (C=O) groups is 2. The van der Waals surface area contributed by atoms with E-state index in [0.29, 0.717) is 32.8 Å². The first-order valence-corrected chi connectivity index (χ1v) is 8.38. The Labute approximate surface area is 142 Å². The predicted molar refractivity (Wildman–Crippen MR) is 88.8 cm³/mol. The maximum absolute atomic E-state index is 12.3. The van der Waals surface area contributed by atoms with Gasteiger partial charge in [-0.25, -0.2) is 0 Å². The van der Waals surface area contributed by atoms with Crippen LogP contribution < -0.4 is 0 Å². The van der Waals surface area contributed by atoms with E-state index in [1.807, 2.05) is 30.3 Å². The molecule has 0 aliphatic carbocycles. The topological polar surface area (TPSA) is 76.1 Å². The number of aliphatic carboxylic acids is 1. The molecule has 2 rings (SSSR count). The van der Waals surface area contributed by atoms with Crippen LogP contribution in [0.4, 0.5) is 0 Å². The fraction of sp³-hybridized carbons (Fsp3) is 0.556. The maximum Gasteiger partial charge on any atom is 0.323 e. The largest absolute Gasteiger partial charge is 0.480 e. The van der Waals surface area contributed by atoms with Gasteiger partial charge in [0.05, 0.1) is 19.1 Å². The molecule has 1 aromatic rings. The van der Waals surface area contributed by atoms with Gasteiger partial charge in [0.1, 0.15) is 6.54 Å². The van der Waals surface area contributed by atoms with E-state index < -0.39 is 5.97 Å². The van der Waals surface area contributed by atoms with Crippen LogP contribution in [0.15, 0.2) is 30.3 Å². The summed E-state index contributed by atoms with van der Waals surface area (Å²) >= 11 is 0. The van der Waals surface area contributed by atoms with Gasteiger partial charge >= 0.3 is 5.97 Å². The maximum atomic E-state index is 12.3. The molecule has 0 spiro atoms. The molecule has 0 bridgehead atoms. The molecule has 0 aromatic heterocycles. The molecule has 24 heavy (non-hydrogen) atoms. The van der Waals surface area contributed by atoms with E-state index >= 15 is 0 Å². The van der Waals surface area contributed by atoms with Crippen LogP contribution in [0.5, 0.6) is 0 Å². The second-order valence-electron chi connectivity index (χ2n) is 5.88. The van der Waals surface area contributed by atoms with Crippen molar-refractivity contribution in [3.63, 3.8) is 0 Å². The molecule has 6 heteroatoms. The van der Waals surface area contributed by atoms with Crippen molar-refractivity contribution in [3.05, 3.63) is 35.9 Å². The minimum Gasteiger partial charge on any atom is -0.480 e. The highest BCUT2D eigenvalue weighted by atomic mass is 16.5. The quantitative estimate of drug-likeness (QED) is 0.744. The number of benzene rings is 1. The van der Waals surface area contributed by atoms with Crippen molar-refractivity contribution in [3.8, 4) is 0 Å². The van der Waals surface area contributed by atoms with Crippen molar-refractivity contribution in [2.24, 2.45) is 0 Å². The van der Waals surface area contributed by atoms with Crippen LogP contribution in [0.3, 0.4) is 0 Å². The van der Waals surface area contributed by atoms with Crippen LogP contribution in [0, 0.1) is 0 Å². The third kappa shape index (κ3) is 6.68. The molecule has 1 aliphatic rings. The second-order valence-corrected chi connectivity index (χ2v) is 5.88. The third-order valence-corrected chi connectivity index (χ3v) is 4.03. The SMILES string of the molecule is O=C(O)CN(CCc1ccccc1)C(=O)CCOC1CCOCC1. The molecule has 0 atom stereocenters. The van der Waals surface area contributed by atoms with Crippen LogP contribution in [0.2, 0.25) is 0 Å². The summed E-state index contributed by atoms with van der Waals surface area (Å²) < 4.78 is 11.0. The van der Waals surface area contributed by atoms with Gasteiger partial charge in [-0.3, -0.25) is 9.59 Å². The minimum absolute atomic E-state index is 0.142. The van der Waals surface area contributed by atoms with Crippen LogP contribution in [-0.2, 0) is 25.5 Å². The van der Waals surface area contributed by atoms with Crippen molar-refractivity contribution in [2.45, 2.75) is 31.8 Å². The standard InChI is InChI=1S/C18H25NO5/c20-17(9-13-24-16-7-11-23-12-8-16)19(14-18(21)22)10-6-15-4-2-1-3-5-15/h1-5,16H,6-14H2,(H,21,22). The zero-order chi connectivity index (χ0) is 17.2. The van der Waals surface area contributed by atoms with E-state index in [1.165, 1.54) is 4.90 Å². The van der Waals surface area contributed by atoms with E-state index in [2.05, 4.69) is 0 Å². The summed E-state index contributed by atoms with van der Waals surface area (Å²) in [5.74, 6) is -1.18. The number of rotatable bonds is 9. The zero-order valence-corrected chi connectivity index (χ0v) is 13.9. The van der Waals surface area contributed by atoms with Crippen LogP contribution in [0.25, 0.3) is 0 Å². The van der Waals surface area contributed by atoms with Crippen molar-refractivity contribution in [2.75, 3.05) is 32.9 Å². The fourth-order valence-corrected chi connectivity index (χ4v) is 2.68. The molecule has 1 saturated heterocycles. The first-order chi connectivity index (χ1) is 11.6. The molecular weight excluding hydrogens is 310 g/mol. The van der Waals surface area contributed by atoms with E-state index in [4.69, 9.17) is 14.6 Å². The molecule has 1 N–H and O–H groups in total. The van der Waals surface area contributed by atoms with Crippen LogP contribution in [-0.4, -0.2) is 60.9 Å². The average molecular weight is 335 g/mol. The van der Waals surface area contributed by atoms with E-state index in [9.17, 15) is 9.59 Å². The lowest BCUT2D eigenvalue weighted by Crippen LogP contribution is -2.38. The first kappa shape index (κ1) is 18.4. The Hall–Kier alpha value is -1.92. The van der Waals surface area contributed by atoms with Crippen molar-refractivity contribution < 1.29 is 24.2 Å². The predicted octanol–water partition coefficient (Wildman–Crippen LogP) is 1.73. The summed E-state index contributed by atoms with van der Waals surface area (Å²) in [6, 6.07) is 9.73. The summed E-state index contributed by atoms with van der Waals surface area (Å²) in [6.07, 6.45) is 2.69. The highest BCUT2D eigenvalue weighted by Crippen LogP contribution is 2.11. The van der Waals surface area contributed by atoms with E-state index in [-0.39, 0.29) is 25.0 Å². The fourth-order valence-electron chi connectivity index (χ4n) is 2.68. The number of hydrogen-bond acceptors (Lipinski definition) is 4. The lowest BCUT2D eigenvalue weighted by molar-refractivity contribution is -0.145. The number of amides is 1. The molecular formula is C18H25NO5. The summed E-state index contributed by atoms with van der Waals surface area (Å²) in [5.41, 5.74) is 1.08. The highest BCUT2D eigenvalue weighted by Gasteiger charge is 2.18. The monoisotopic (exact) mass is 335 g/mol. The average Bonchev–Trinajstić information content (AvgIpc) is 2.60. The normalized spacial score (nSPS) is 15.2.